The molecule has 0 bridgehead atoms. The number of rotatable bonds is 6. The first-order valence-corrected chi connectivity index (χ1v) is 8.38. The molecule has 3 unspecified atom stereocenters. The number of carbonyl (C=O) groups is 1. The molecular weight excluding hydrogens is 264 g/mol. The van der Waals surface area contributed by atoms with Gasteiger partial charge in [-0.2, -0.15) is 0 Å². The Bertz CT molecular complexity index is 323. The van der Waals surface area contributed by atoms with Crippen LogP contribution in [-0.4, -0.2) is 30.3 Å². The fraction of sp³-hybridized carbons (Fsp3) is 0.941. The third-order valence-corrected chi connectivity index (χ3v) is 3.81. The van der Waals surface area contributed by atoms with E-state index in [9.17, 15) is 4.79 Å². The number of alkyl carbamates (subject to hydrolysis) is 1. The van der Waals surface area contributed by atoms with Crippen LogP contribution in [0.3, 0.4) is 0 Å². The van der Waals surface area contributed by atoms with Gasteiger partial charge in [0.25, 0.3) is 0 Å². The predicted octanol–water partition coefficient (Wildman–Crippen LogP) is 3.70. The fourth-order valence-corrected chi connectivity index (χ4v) is 2.99. The highest BCUT2D eigenvalue weighted by atomic mass is 16.6. The molecular formula is C17H34N2O2. The zero-order valence-electron chi connectivity index (χ0n) is 14.7. The molecule has 1 rings (SSSR count). The highest BCUT2D eigenvalue weighted by Crippen LogP contribution is 2.25. The van der Waals surface area contributed by atoms with Crippen molar-refractivity contribution in [2.45, 2.75) is 84.9 Å². The number of carbonyl (C=O) groups excluding carboxylic acids is 1. The minimum atomic E-state index is -0.439. The third kappa shape index (κ3) is 8.30. The Labute approximate surface area is 130 Å². The van der Waals surface area contributed by atoms with E-state index in [1.54, 1.807) is 0 Å². The minimum absolute atomic E-state index is 0.321. The lowest BCUT2D eigenvalue weighted by atomic mass is 10.0. The molecule has 0 aromatic carbocycles. The van der Waals surface area contributed by atoms with Gasteiger partial charge in [0.15, 0.2) is 0 Å². The van der Waals surface area contributed by atoms with Crippen molar-refractivity contribution in [1.29, 1.82) is 0 Å². The summed E-state index contributed by atoms with van der Waals surface area (Å²) in [5.41, 5.74) is -0.439. The summed E-state index contributed by atoms with van der Waals surface area (Å²) in [7, 11) is 0. The van der Waals surface area contributed by atoms with Crippen molar-refractivity contribution in [3.8, 4) is 0 Å². The molecule has 2 N–H and O–H groups in total. The normalized spacial score (nSPS) is 24.1. The van der Waals surface area contributed by atoms with Gasteiger partial charge in [-0.3, -0.25) is 0 Å². The van der Waals surface area contributed by atoms with Crippen LogP contribution in [0.25, 0.3) is 0 Å². The van der Waals surface area contributed by atoms with Gasteiger partial charge in [-0.15, -0.1) is 0 Å². The topological polar surface area (TPSA) is 50.4 Å². The smallest absolute Gasteiger partial charge is 0.407 e. The molecule has 4 heteroatoms. The highest BCUT2D eigenvalue weighted by molar-refractivity contribution is 5.67. The van der Waals surface area contributed by atoms with Crippen LogP contribution in [0.4, 0.5) is 4.79 Å². The number of amides is 1. The molecule has 0 heterocycles. The monoisotopic (exact) mass is 298 g/mol. The van der Waals surface area contributed by atoms with E-state index < -0.39 is 5.60 Å². The second kappa shape index (κ2) is 8.02. The van der Waals surface area contributed by atoms with Gasteiger partial charge in [0.05, 0.1) is 0 Å². The van der Waals surface area contributed by atoms with Gasteiger partial charge in [-0.05, 0) is 58.3 Å². The molecule has 0 aromatic rings. The lowest BCUT2D eigenvalue weighted by Crippen LogP contribution is -2.46. The summed E-state index contributed by atoms with van der Waals surface area (Å²) in [5, 5.41) is 6.63. The zero-order chi connectivity index (χ0) is 16.0. The molecule has 0 aromatic heterocycles. The first kappa shape index (κ1) is 18.3. The Morgan fingerprint density at radius 1 is 1.29 bits per heavy atom. The maximum absolute atomic E-state index is 11.8. The Kier molecular flexibility index (Phi) is 6.98. The Hall–Kier alpha value is -0.770. The first-order valence-electron chi connectivity index (χ1n) is 8.38. The largest absolute Gasteiger partial charge is 0.444 e. The van der Waals surface area contributed by atoms with Gasteiger partial charge >= 0.3 is 6.09 Å². The molecule has 0 aliphatic heterocycles. The van der Waals surface area contributed by atoms with Crippen LogP contribution in [0.2, 0.25) is 0 Å². The molecule has 21 heavy (non-hydrogen) atoms. The number of ether oxygens (including phenoxy) is 1. The van der Waals surface area contributed by atoms with Crippen LogP contribution in [-0.2, 0) is 4.74 Å². The molecule has 124 valence electrons. The Morgan fingerprint density at radius 2 is 1.95 bits per heavy atom. The summed E-state index contributed by atoms with van der Waals surface area (Å²) in [4.78, 5) is 11.8. The van der Waals surface area contributed by atoms with Gasteiger partial charge in [0.1, 0.15) is 5.60 Å². The summed E-state index contributed by atoms with van der Waals surface area (Å²) in [5.74, 6) is 1.43. The molecule has 0 saturated heterocycles. The molecule has 4 nitrogen and oxygen atoms in total. The van der Waals surface area contributed by atoms with Crippen LogP contribution in [0.5, 0.6) is 0 Å². The Morgan fingerprint density at radius 3 is 2.43 bits per heavy atom. The molecule has 3 atom stereocenters. The van der Waals surface area contributed by atoms with E-state index in [1.165, 1.54) is 19.3 Å². The molecule has 1 amide bonds. The van der Waals surface area contributed by atoms with Crippen LogP contribution < -0.4 is 10.6 Å². The molecule has 0 radical (unpaired) electrons. The maximum Gasteiger partial charge on any atom is 0.407 e. The number of hydrogen-bond donors (Lipinski definition) is 2. The second-order valence-electron chi connectivity index (χ2n) is 7.99. The lowest BCUT2D eigenvalue weighted by molar-refractivity contribution is 0.0520. The van der Waals surface area contributed by atoms with Gasteiger partial charge in [0, 0.05) is 18.6 Å². The van der Waals surface area contributed by atoms with Crippen molar-refractivity contribution < 1.29 is 9.53 Å². The molecule has 1 aliphatic carbocycles. The van der Waals surface area contributed by atoms with E-state index >= 15 is 0 Å². The van der Waals surface area contributed by atoms with E-state index in [0.29, 0.717) is 24.5 Å². The average Bonchev–Trinajstić information content (AvgIpc) is 2.68. The van der Waals surface area contributed by atoms with Crippen molar-refractivity contribution in [2.75, 3.05) is 6.54 Å². The van der Waals surface area contributed by atoms with Gasteiger partial charge in [-0.1, -0.05) is 20.8 Å². The number of nitrogens with one attached hydrogen (secondary N) is 2. The first-order chi connectivity index (χ1) is 9.65. The van der Waals surface area contributed by atoms with Crippen LogP contribution in [0, 0.1) is 11.8 Å². The minimum Gasteiger partial charge on any atom is -0.444 e. The zero-order valence-corrected chi connectivity index (χ0v) is 14.7. The SMILES string of the molecule is CC(C)CC(CNC(=O)OC(C)(C)C)NC1CCC(C)C1. The van der Waals surface area contributed by atoms with Gasteiger partial charge in [-0.25, -0.2) is 4.79 Å². The van der Waals surface area contributed by atoms with E-state index in [0.717, 1.165) is 12.3 Å². The van der Waals surface area contributed by atoms with E-state index in [1.807, 2.05) is 20.8 Å². The average molecular weight is 298 g/mol. The van der Waals surface area contributed by atoms with Crippen LogP contribution in [0.15, 0.2) is 0 Å². The predicted molar refractivity (Wildman–Crippen MR) is 87.4 cm³/mol. The van der Waals surface area contributed by atoms with Crippen molar-refractivity contribution in [1.82, 2.24) is 10.6 Å². The standard InChI is InChI=1S/C17H34N2O2/c1-12(2)9-15(19-14-8-7-13(3)10-14)11-18-16(20)21-17(4,5)6/h12-15,19H,7-11H2,1-6H3,(H,18,20). The molecule has 1 fully saturated rings. The summed E-state index contributed by atoms with van der Waals surface area (Å²) in [6.07, 6.45) is 4.56. The number of hydrogen-bond acceptors (Lipinski definition) is 3. The third-order valence-electron chi connectivity index (χ3n) is 3.81. The van der Waals surface area contributed by atoms with E-state index in [2.05, 4.69) is 31.4 Å². The van der Waals surface area contributed by atoms with Crippen molar-refractivity contribution in [3.05, 3.63) is 0 Å². The second-order valence-corrected chi connectivity index (χ2v) is 7.99. The van der Waals surface area contributed by atoms with E-state index in [-0.39, 0.29) is 6.09 Å². The summed E-state index contributed by atoms with van der Waals surface area (Å²) < 4.78 is 5.30. The molecule has 1 saturated carbocycles. The van der Waals surface area contributed by atoms with Crippen molar-refractivity contribution in [2.24, 2.45) is 11.8 Å². The summed E-state index contributed by atoms with van der Waals surface area (Å²) in [6, 6.07) is 0.928. The Balaban J connectivity index is 2.40. The van der Waals surface area contributed by atoms with Crippen molar-refractivity contribution >= 4 is 6.09 Å². The summed E-state index contributed by atoms with van der Waals surface area (Å²) in [6.45, 7) is 13.1. The maximum atomic E-state index is 11.8. The lowest BCUT2D eigenvalue weighted by Gasteiger charge is -2.26. The van der Waals surface area contributed by atoms with E-state index in [4.69, 9.17) is 4.74 Å². The highest BCUT2D eigenvalue weighted by Gasteiger charge is 2.24. The van der Waals surface area contributed by atoms with Crippen LogP contribution in [0.1, 0.15) is 67.2 Å². The molecule has 0 spiro atoms. The van der Waals surface area contributed by atoms with Crippen molar-refractivity contribution in [3.63, 3.8) is 0 Å². The molecule has 1 aliphatic rings. The van der Waals surface area contributed by atoms with Gasteiger partial charge < -0.3 is 15.4 Å². The fourth-order valence-electron chi connectivity index (χ4n) is 2.99. The van der Waals surface area contributed by atoms with Crippen LogP contribution >= 0.6 is 0 Å². The summed E-state index contributed by atoms with van der Waals surface area (Å²) >= 11 is 0. The van der Waals surface area contributed by atoms with Gasteiger partial charge in [0.2, 0.25) is 0 Å². The quantitative estimate of drug-likeness (QED) is 0.786.